The Morgan fingerprint density at radius 2 is 1.13 bits per heavy atom. The molecule has 0 amide bonds. The van der Waals surface area contributed by atoms with Crippen LogP contribution >= 0.6 is 0 Å². The Morgan fingerprint density at radius 1 is 0.696 bits per heavy atom. The van der Waals surface area contributed by atoms with Crippen molar-refractivity contribution in [1.29, 1.82) is 0 Å². The largest absolute Gasteiger partial charge is 0.481 e. The molecule has 0 fully saturated rings. The van der Waals surface area contributed by atoms with Crippen LogP contribution in [0, 0.1) is 0 Å². The van der Waals surface area contributed by atoms with Gasteiger partial charge in [-0.2, -0.15) is 0 Å². The van der Waals surface area contributed by atoms with Crippen LogP contribution in [0.3, 0.4) is 0 Å². The van der Waals surface area contributed by atoms with E-state index in [1.165, 1.54) is 77.0 Å². The third-order valence-corrected chi connectivity index (χ3v) is 4.12. The van der Waals surface area contributed by atoms with Crippen molar-refractivity contribution in [3.8, 4) is 0 Å². The second kappa shape index (κ2) is 19.0. The minimum atomic E-state index is -0.665. The van der Waals surface area contributed by atoms with Crippen molar-refractivity contribution in [3.63, 3.8) is 0 Å². The summed E-state index contributed by atoms with van der Waals surface area (Å²) in [5, 5.41) is 8.54. The van der Waals surface area contributed by atoms with Gasteiger partial charge >= 0.3 is 5.97 Å². The maximum atomic E-state index is 10.4. The normalized spacial score (nSPS) is 11.7. The standard InChI is InChI=1S/C21H38O2/c1-2-3-4-5-6-7-8-9-10-11-12-13-14-15-16-17-18-19-20-21(22)23/h8-11H,2-7,12-20H2,1H3,(H,22,23)/b9-8+,11-10+. The summed E-state index contributed by atoms with van der Waals surface area (Å²) in [6.07, 6.45) is 26.7. The first-order valence-corrected chi connectivity index (χ1v) is 9.80. The maximum Gasteiger partial charge on any atom is 0.303 e. The molecular formula is C21H38O2. The van der Waals surface area contributed by atoms with Gasteiger partial charge in [-0.3, -0.25) is 4.79 Å². The SMILES string of the molecule is CCCCCCC/C=C/C=C/CCCCCCCCCC(=O)O. The average Bonchev–Trinajstić information content (AvgIpc) is 2.53. The molecule has 0 saturated carbocycles. The Morgan fingerprint density at radius 3 is 1.61 bits per heavy atom. The Kier molecular flexibility index (Phi) is 18.1. The first-order valence-electron chi connectivity index (χ1n) is 9.80. The molecule has 0 aromatic rings. The molecule has 0 aromatic heterocycles. The molecule has 0 spiro atoms. The van der Waals surface area contributed by atoms with Gasteiger partial charge in [-0.1, -0.05) is 89.0 Å². The van der Waals surface area contributed by atoms with Crippen LogP contribution in [-0.2, 0) is 4.79 Å². The van der Waals surface area contributed by atoms with E-state index in [-0.39, 0.29) is 0 Å². The quantitative estimate of drug-likeness (QED) is 0.230. The Hall–Kier alpha value is -1.05. The molecule has 0 saturated heterocycles. The summed E-state index contributed by atoms with van der Waals surface area (Å²) in [7, 11) is 0. The summed E-state index contributed by atoms with van der Waals surface area (Å²) in [5.41, 5.74) is 0. The highest BCUT2D eigenvalue weighted by Gasteiger charge is 1.96. The van der Waals surface area contributed by atoms with Gasteiger partial charge in [-0.05, 0) is 32.1 Å². The summed E-state index contributed by atoms with van der Waals surface area (Å²) in [4.78, 5) is 10.4. The van der Waals surface area contributed by atoms with Crippen molar-refractivity contribution in [2.75, 3.05) is 0 Å². The predicted octanol–water partition coefficient (Wildman–Crippen LogP) is 7.05. The van der Waals surface area contributed by atoms with E-state index < -0.39 is 5.97 Å². The fourth-order valence-corrected chi connectivity index (χ4v) is 2.64. The van der Waals surface area contributed by atoms with Gasteiger partial charge in [-0.15, -0.1) is 0 Å². The average molecular weight is 323 g/mol. The Bertz CT molecular complexity index is 305. The van der Waals surface area contributed by atoms with Gasteiger partial charge in [0.1, 0.15) is 0 Å². The van der Waals surface area contributed by atoms with Gasteiger partial charge < -0.3 is 5.11 Å². The molecule has 0 radical (unpaired) electrons. The number of hydrogen-bond acceptors (Lipinski definition) is 1. The first-order chi connectivity index (χ1) is 11.3. The number of carboxylic acid groups (broad SMARTS) is 1. The van der Waals surface area contributed by atoms with Crippen LogP contribution in [0.4, 0.5) is 0 Å². The minimum absolute atomic E-state index is 0.330. The lowest BCUT2D eigenvalue weighted by atomic mass is 10.1. The molecule has 0 aromatic carbocycles. The van der Waals surface area contributed by atoms with Gasteiger partial charge in [0.05, 0.1) is 0 Å². The lowest BCUT2D eigenvalue weighted by Gasteiger charge is -2.00. The highest BCUT2D eigenvalue weighted by molar-refractivity contribution is 5.66. The van der Waals surface area contributed by atoms with Crippen LogP contribution in [0.25, 0.3) is 0 Å². The van der Waals surface area contributed by atoms with E-state index in [0.717, 1.165) is 12.8 Å². The molecule has 0 aliphatic carbocycles. The molecule has 0 aliphatic rings. The molecule has 0 unspecified atom stereocenters. The highest BCUT2D eigenvalue weighted by atomic mass is 16.4. The monoisotopic (exact) mass is 322 g/mol. The van der Waals surface area contributed by atoms with Crippen molar-refractivity contribution >= 4 is 5.97 Å². The zero-order chi connectivity index (χ0) is 17.0. The van der Waals surface area contributed by atoms with Crippen molar-refractivity contribution in [2.45, 2.75) is 103 Å². The van der Waals surface area contributed by atoms with E-state index in [2.05, 4.69) is 31.2 Å². The van der Waals surface area contributed by atoms with E-state index in [4.69, 9.17) is 5.11 Å². The number of aliphatic carboxylic acids is 1. The smallest absolute Gasteiger partial charge is 0.303 e. The number of allylic oxidation sites excluding steroid dienone is 4. The number of unbranched alkanes of at least 4 members (excludes halogenated alkanes) is 12. The van der Waals surface area contributed by atoms with Crippen LogP contribution in [0.1, 0.15) is 103 Å². The van der Waals surface area contributed by atoms with Crippen molar-refractivity contribution < 1.29 is 9.90 Å². The van der Waals surface area contributed by atoms with Gasteiger partial charge in [0, 0.05) is 6.42 Å². The fourth-order valence-electron chi connectivity index (χ4n) is 2.64. The first kappa shape index (κ1) is 21.9. The zero-order valence-corrected chi connectivity index (χ0v) is 15.3. The minimum Gasteiger partial charge on any atom is -0.481 e. The van der Waals surface area contributed by atoms with Crippen LogP contribution < -0.4 is 0 Å². The third-order valence-electron chi connectivity index (χ3n) is 4.12. The summed E-state index contributed by atoms with van der Waals surface area (Å²) in [5.74, 6) is -0.665. The molecule has 134 valence electrons. The van der Waals surface area contributed by atoms with E-state index in [0.29, 0.717) is 6.42 Å². The molecule has 1 N–H and O–H groups in total. The second-order valence-corrected chi connectivity index (χ2v) is 6.47. The van der Waals surface area contributed by atoms with Gasteiger partial charge in [-0.25, -0.2) is 0 Å². The van der Waals surface area contributed by atoms with E-state index in [1.807, 2.05) is 0 Å². The molecule has 2 heteroatoms. The summed E-state index contributed by atoms with van der Waals surface area (Å²) in [6, 6.07) is 0. The molecule has 0 atom stereocenters. The molecule has 23 heavy (non-hydrogen) atoms. The van der Waals surface area contributed by atoms with Crippen molar-refractivity contribution in [2.24, 2.45) is 0 Å². The van der Waals surface area contributed by atoms with E-state index >= 15 is 0 Å². The van der Waals surface area contributed by atoms with Crippen molar-refractivity contribution in [3.05, 3.63) is 24.3 Å². The van der Waals surface area contributed by atoms with E-state index in [1.54, 1.807) is 0 Å². The summed E-state index contributed by atoms with van der Waals surface area (Å²) < 4.78 is 0. The maximum absolute atomic E-state index is 10.4. The highest BCUT2D eigenvalue weighted by Crippen LogP contribution is 2.10. The molecule has 0 bridgehead atoms. The van der Waals surface area contributed by atoms with Crippen LogP contribution in [0.15, 0.2) is 24.3 Å². The molecule has 2 nitrogen and oxygen atoms in total. The number of rotatable bonds is 17. The lowest BCUT2D eigenvalue weighted by molar-refractivity contribution is -0.137. The molecule has 0 heterocycles. The molecule has 0 rings (SSSR count). The Labute approximate surface area is 144 Å². The number of carboxylic acids is 1. The lowest BCUT2D eigenvalue weighted by Crippen LogP contribution is -1.93. The van der Waals surface area contributed by atoms with Gasteiger partial charge in [0.2, 0.25) is 0 Å². The van der Waals surface area contributed by atoms with Crippen LogP contribution in [0.2, 0.25) is 0 Å². The van der Waals surface area contributed by atoms with Gasteiger partial charge in [0.15, 0.2) is 0 Å². The second-order valence-electron chi connectivity index (χ2n) is 6.47. The topological polar surface area (TPSA) is 37.3 Å². The molecule has 0 aliphatic heterocycles. The predicted molar refractivity (Wildman–Crippen MR) is 101 cm³/mol. The summed E-state index contributed by atoms with van der Waals surface area (Å²) in [6.45, 7) is 2.26. The number of carbonyl (C=O) groups is 1. The number of hydrogen-bond donors (Lipinski definition) is 1. The fraction of sp³-hybridized carbons (Fsp3) is 0.762. The van der Waals surface area contributed by atoms with Crippen LogP contribution in [0.5, 0.6) is 0 Å². The molecular weight excluding hydrogens is 284 g/mol. The van der Waals surface area contributed by atoms with Crippen LogP contribution in [-0.4, -0.2) is 11.1 Å². The van der Waals surface area contributed by atoms with E-state index in [9.17, 15) is 4.79 Å². The van der Waals surface area contributed by atoms with Gasteiger partial charge in [0.25, 0.3) is 0 Å². The Balaban J connectivity index is 3.17. The zero-order valence-electron chi connectivity index (χ0n) is 15.3. The van der Waals surface area contributed by atoms with Crippen molar-refractivity contribution in [1.82, 2.24) is 0 Å². The third kappa shape index (κ3) is 21.0. The summed E-state index contributed by atoms with van der Waals surface area (Å²) >= 11 is 0.